The Hall–Kier alpha value is -1.00. The molecule has 1 aliphatic carbocycles. The number of nitrogens with zero attached hydrogens (tertiary/aromatic N) is 2. The van der Waals surface area contributed by atoms with Crippen LogP contribution in [0.15, 0.2) is 42.5 Å². The van der Waals surface area contributed by atoms with Crippen molar-refractivity contribution in [2.75, 3.05) is 50.7 Å². The summed E-state index contributed by atoms with van der Waals surface area (Å²) in [6, 6.07) is 15.6. The Morgan fingerprint density at radius 2 is 1.52 bits per heavy atom. The smallest absolute Gasteiger partial charge is 0.0373 e. The normalized spacial score (nSPS) is 28.2. The molecular weight excluding hydrogens is 353 g/mol. The van der Waals surface area contributed by atoms with E-state index in [-0.39, 0.29) is 24.8 Å². The highest BCUT2D eigenvalue weighted by Gasteiger charge is 2.52. The summed E-state index contributed by atoms with van der Waals surface area (Å²) in [6.07, 6.45) is 0. The zero-order chi connectivity index (χ0) is 15.2. The average Bonchev–Trinajstić information content (AvgIpc) is 3.04. The molecule has 1 saturated carbocycles. The molecule has 0 amide bonds. The van der Waals surface area contributed by atoms with Gasteiger partial charge in [-0.2, -0.15) is 0 Å². The molecule has 1 N–H and O–H groups in total. The van der Waals surface area contributed by atoms with Crippen molar-refractivity contribution in [3.05, 3.63) is 42.5 Å². The number of benzene rings is 2. The van der Waals surface area contributed by atoms with E-state index in [9.17, 15) is 0 Å². The van der Waals surface area contributed by atoms with Crippen molar-refractivity contribution in [2.24, 2.45) is 17.8 Å². The molecular formula is C20H27Cl2N3. The molecule has 1 unspecified atom stereocenters. The minimum absolute atomic E-state index is 0. The fourth-order valence-electron chi connectivity index (χ4n) is 4.68. The molecule has 0 radical (unpaired) electrons. The fraction of sp³-hybridized carbons (Fsp3) is 0.500. The van der Waals surface area contributed by atoms with E-state index >= 15 is 0 Å². The van der Waals surface area contributed by atoms with Crippen LogP contribution in [-0.2, 0) is 0 Å². The summed E-state index contributed by atoms with van der Waals surface area (Å²) < 4.78 is 0. The van der Waals surface area contributed by atoms with Gasteiger partial charge in [0.15, 0.2) is 0 Å². The Morgan fingerprint density at radius 1 is 0.840 bits per heavy atom. The third-order valence-corrected chi connectivity index (χ3v) is 6.21. The lowest BCUT2D eigenvalue weighted by atomic mass is 10.1. The van der Waals surface area contributed by atoms with E-state index in [4.69, 9.17) is 0 Å². The molecule has 2 aromatic rings. The highest BCUT2D eigenvalue weighted by atomic mass is 35.5. The maximum atomic E-state index is 3.51. The third kappa shape index (κ3) is 3.61. The van der Waals surface area contributed by atoms with Crippen LogP contribution in [-0.4, -0.2) is 50.7 Å². The highest BCUT2D eigenvalue weighted by Crippen LogP contribution is 2.48. The number of piperazine rings is 1. The average molecular weight is 380 g/mol. The van der Waals surface area contributed by atoms with Crippen LogP contribution in [0.2, 0.25) is 0 Å². The first kappa shape index (κ1) is 18.8. The minimum atomic E-state index is 0. The van der Waals surface area contributed by atoms with Gasteiger partial charge < -0.3 is 10.2 Å². The number of anilines is 1. The van der Waals surface area contributed by atoms with E-state index in [0.29, 0.717) is 0 Å². The zero-order valence-corrected chi connectivity index (χ0v) is 16.1. The quantitative estimate of drug-likeness (QED) is 0.882. The second-order valence-corrected chi connectivity index (χ2v) is 7.47. The SMILES string of the molecule is Cl.Cl.c1ccc2cc(N3CCN(CC4[C@H]5CNC[C@@H]45)CC3)ccc2c1. The maximum absolute atomic E-state index is 3.51. The van der Waals surface area contributed by atoms with Crippen LogP contribution in [0, 0.1) is 17.8 Å². The van der Waals surface area contributed by atoms with Crippen molar-refractivity contribution < 1.29 is 0 Å². The Kier molecular flexibility index (Phi) is 5.79. The zero-order valence-electron chi connectivity index (χ0n) is 14.4. The lowest BCUT2D eigenvalue weighted by Crippen LogP contribution is -2.47. The highest BCUT2D eigenvalue weighted by molar-refractivity contribution is 5.86. The van der Waals surface area contributed by atoms with Gasteiger partial charge in [-0.25, -0.2) is 0 Å². The van der Waals surface area contributed by atoms with Crippen molar-refractivity contribution in [3.8, 4) is 0 Å². The van der Waals surface area contributed by atoms with Crippen LogP contribution in [0.3, 0.4) is 0 Å². The van der Waals surface area contributed by atoms with Gasteiger partial charge in [0.05, 0.1) is 0 Å². The molecule has 136 valence electrons. The van der Waals surface area contributed by atoms with Crippen molar-refractivity contribution >= 4 is 41.3 Å². The summed E-state index contributed by atoms with van der Waals surface area (Å²) in [5.74, 6) is 2.98. The van der Waals surface area contributed by atoms with Gasteiger partial charge in [-0.3, -0.25) is 4.90 Å². The lowest BCUT2D eigenvalue weighted by Gasteiger charge is -2.36. The molecule has 3 atom stereocenters. The van der Waals surface area contributed by atoms with Crippen LogP contribution >= 0.6 is 24.8 Å². The Bertz CT molecular complexity index is 705. The maximum Gasteiger partial charge on any atom is 0.0373 e. The van der Waals surface area contributed by atoms with Crippen molar-refractivity contribution in [2.45, 2.75) is 0 Å². The second-order valence-electron chi connectivity index (χ2n) is 7.47. The minimum Gasteiger partial charge on any atom is -0.369 e. The topological polar surface area (TPSA) is 18.5 Å². The summed E-state index contributed by atoms with van der Waals surface area (Å²) in [6.45, 7) is 8.64. The largest absolute Gasteiger partial charge is 0.369 e. The fourth-order valence-corrected chi connectivity index (χ4v) is 4.68. The molecule has 3 fully saturated rings. The van der Waals surface area contributed by atoms with E-state index in [2.05, 4.69) is 57.6 Å². The summed E-state index contributed by atoms with van der Waals surface area (Å²) in [5, 5.41) is 6.19. The second kappa shape index (κ2) is 7.71. The predicted molar refractivity (Wildman–Crippen MR) is 110 cm³/mol. The molecule has 2 saturated heterocycles. The number of nitrogens with one attached hydrogen (secondary N) is 1. The first-order valence-electron chi connectivity index (χ1n) is 9.05. The molecule has 0 spiro atoms. The first-order chi connectivity index (χ1) is 11.4. The van der Waals surface area contributed by atoms with E-state index in [1.807, 2.05) is 0 Å². The van der Waals surface area contributed by atoms with Crippen LogP contribution in [0.5, 0.6) is 0 Å². The van der Waals surface area contributed by atoms with Crippen LogP contribution < -0.4 is 10.2 Å². The third-order valence-electron chi connectivity index (χ3n) is 6.21. The number of fused-ring (bicyclic) bond motifs is 2. The van der Waals surface area contributed by atoms with Crippen LogP contribution in [0.25, 0.3) is 10.8 Å². The number of piperidine rings is 1. The molecule has 5 heteroatoms. The summed E-state index contributed by atoms with van der Waals surface area (Å²) in [4.78, 5) is 5.25. The van der Waals surface area contributed by atoms with Gasteiger partial charge >= 0.3 is 0 Å². The number of hydrogen-bond acceptors (Lipinski definition) is 3. The number of rotatable bonds is 3. The molecule has 2 heterocycles. The van der Waals surface area contributed by atoms with E-state index in [1.54, 1.807) is 0 Å². The van der Waals surface area contributed by atoms with Gasteiger partial charge in [-0.05, 0) is 53.7 Å². The number of halogens is 2. The standard InChI is InChI=1S/C20H25N3.2ClH/c1-2-4-16-11-17(6-5-15(16)3-1)23-9-7-22(8-10-23)14-20-18-12-21-13-19(18)20;;/h1-6,11,18-21H,7-10,12-14H2;2*1H/t18-,19+,20?;;. The van der Waals surface area contributed by atoms with Crippen LogP contribution in [0.1, 0.15) is 0 Å². The van der Waals surface area contributed by atoms with Gasteiger partial charge in [-0.1, -0.05) is 30.3 Å². The molecule has 25 heavy (non-hydrogen) atoms. The molecule has 5 rings (SSSR count). The molecule has 3 nitrogen and oxygen atoms in total. The Balaban J connectivity index is 0.000000911. The van der Waals surface area contributed by atoms with E-state index in [1.165, 1.54) is 62.3 Å². The monoisotopic (exact) mass is 379 g/mol. The van der Waals surface area contributed by atoms with Crippen molar-refractivity contribution in [3.63, 3.8) is 0 Å². The lowest BCUT2D eigenvalue weighted by molar-refractivity contribution is 0.237. The van der Waals surface area contributed by atoms with Gasteiger partial charge in [0.2, 0.25) is 0 Å². The van der Waals surface area contributed by atoms with Gasteiger partial charge in [0, 0.05) is 38.4 Å². The Labute approximate surface area is 162 Å². The van der Waals surface area contributed by atoms with E-state index < -0.39 is 0 Å². The molecule has 0 aromatic heterocycles. The Morgan fingerprint density at radius 3 is 2.24 bits per heavy atom. The first-order valence-corrected chi connectivity index (χ1v) is 9.05. The molecule has 3 aliphatic rings. The molecule has 0 bridgehead atoms. The van der Waals surface area contributed by atoms with Gasteiger partial charge in [-0.15, -0.1) is 24.8 Å². The van der Waals surface area contributed by atoms with Gasteiger partial charge in [0.1, 0.15) is 0 Å². The molecule has 2 aromatic carbocycles. The number of hydrogen-bond donors (Lipinski definition) is 1. The van der Waals surface area contributed by atoms with Crippen molar-refractivity contribution in [1.29, 1.82) is 0 Å². The van der Waals surface area contributed by atoms with Crippen molar-refractivity contribution in [1.82, 2.24) is 10.2 Å². The summed E-state index contributed by atoms with van der Waals surface area (Å²) in [7, 11) is 0. The summed E-state index contributed by atoms with van der Waals surface area (Å²) in [5.41, 5.74) is 1.39. The predicted octanol–water partition coefficient (Wildman–Crippen LogP) is 3.27. The molecule has 2 aliphatic heterocycles. The van der Waals surface area contributed by atoms with Gasteiger partial charge in [0.25, 0.3) is 0 Å². The van der Waals surface area contributed by atoms with Crippen LogP contribution in [0.4, 0.5) is 5.69 Å². The van der Waals surface area contributed by atoms with E-state index in [0.717, 1.165) is 17.8 Å². The summed E-state index contributed by atoms with van der Waals surface area (Å²) >= 11 is 0.